The molecule has 1 atom stereocenters. The normalized spacial score (nSPS) is 11.7. The molecule has 1 unspecified atom stereocenters. The summed E-state index contributed by atoms with van der Waals surface area (Å²) in [5, 5.41) is 13.2. The van der Waals surface area contributed by atoms with E-state index in [1.165, 1.54) is 24.9 Å². The molecule has 19 heavy (non-hydrogen) atoms. The predicted octanol–water partition coefficient (Wildman–Crippen LogP) is -0.452. The topological polar surface area (TPSA) is 116 Å². The van der Waals surface area contributed by atoms with E-state index in [1.807, 2.05) is 0 Å². The number of carbonyl (C=O) groups is 2. The van der Waals surface area contributed by atoms with Gasteiger partial charge in [0.1, 0.15) is 11.7 Å². The Morgan fingerprint density at radius 2 is 2.26 bits per heavy atom. The van der Waals surface area contributed by atoms with Crippen LogP contribution < -0.4 is 5.32 Å². The average molecular weight is 270 g/mol. The maximum Gasteiger partial charge on any atom is 0.384 e. The lowest BCUT2D eigenvalue weighted by molar-refractivity contribution is -0.390. The van der Waals surface area contributed by atoms with Gasteiger partial charge in [0.05, 0.1) is 7.11 Å². The number of rotatable bonds is 5. The van der Waals surface area contributed by atoms with E-state index < -0.39 is 22.8 Å². The SMILES string of the molecule is COC(=O)C(Cc1c([N+](=O)[O-])ncn1C)NC(C)=O. The second-order valence-electron chi connectivity index (χ2n) is 3.86. The molecular weight excluding hydrogens is 256 g/mol. The van der Waals surface area contributed by atoms with Crippen LogP contribution in [-0.2, 0) is 27.8 Å². The number of nitrogens with one attached hydrogen (secondary N) is 1. The summed E-state index contributed by atoms with van der Waals surface area (Å²) in [5.74, 6) is -1.45. The van der Waals surface area contributed by atoms with E-state index in [4.69, 9.17) is 0 Å². The summed E-state index contributed by atoms with van der Waals surface area (Å²) < 4.78 is 5.98. The highest BCUT2D eigenvalue weighted by Gasteiger charge is 2.28. The van der Waals surface area contributed by atoms with Crippen LogP contribution >= 0.6 is 0 Å². The van der Waals surface area contributed by atoms with Gasteiger partial charge in [-0.3, -0.25) is 4.79 Å². The molecule has 1 rings (SSSR count). The lowest BCUT2D eigenvalue weighted by atomic mass is 10.1. The van der Waals surface area contributed by atoms with Crippen molar-refractivity contribution in [2.45, 2.75) is 19.4 Å². The number of nitro groups is 1. The molecule has 0 fully saturated rings. The molecule has 0 aliphatic heterocycles. The highest BCUT2D eigenvalue weighted by atomic mass is 16.6. The van der Waals surface area contributed by atoms with E-state index in [9.17, 15) is 19.7 Å². The molecule has 104 valence electrons. The van der Waals surface area contributed by atoms with Gasteiger partial charge >= 0.3 is 11.8 Å². The van der Waals surface area contributed by atoms with Gasteiger partial charge in [0.15, 0.2) is 0 Å². The highest BCUT2D eigenvalue weighted by molar-refractivity contribution is 5.83. The van der Waals surface area contributed by atoms with E-state index >= 15 is 0 Å². The molecule has 1 amide bonds. The zero-order valence-corrected chi connectivity index (χ0v) is 10.7. The maximum atomic E-state index is 11.5. The molecule has 0 aliphatic carbocycles. The number of methoxy groups -OCH3 is 1. The number of hydrogen-bond acceptors (Lipinski definition) is 6. The summed E-state index contributed by atoms with van der Waals surface area (Å²) in [5.41, 5.74) is 0.231. The molecule has 0 bridgehead atoms. The summed E-state index contributed by atoms with van der Waals surface area (Å²) in [6, 6.07) is -0.989. The van der Waals surface area contributed by atoms with Gasteiger partial charge < -0.3 is 24.7 Å². The van der Waals surface area contributed by atoms with Gasteiger partial charge in [-0.1, -0.05) is 0 Å². The number of esters is 1. The highest BCUT2D eigenvalue weighted by Crippen LogP contribution is 2.17. The molecule has 0 saturated carbocycles. The molecule has 0 aliphatic rings. The lowest BCUT2D eigenvalue weighted by Gasteiger charge is -2.15. The number of nitrogens with zero attached hydrogens (tertiary/aromatic N) is 3. The van der Waals surface area contributed by atoms with Crippen LogP contribution in [0, 0.1) is 10.1 Å². The van der Waals surface area contributed by atoms with Gasteiger partial charge in [-0.2, -0.15) is 0 Å². The predicted molar refractivity (Wildman–Crippen MR) is 63.2 cm³/mol. The minimum Gasteiger partial charge on any atom is -0.467 e. The third-order valence-electron chi connectivity index (χ3n) is 2.47. The Hall–Kier alpha value is -2.45. The molecule has 9 heteroatoms. The molecule has 0 radical (unpaired) electrons. The Morgan fingerprint density at radius 1 is 1.63 bits per heavy atom. The summed E-state index contributed by atoms with van der Waals surface area (Å²) in [4.78, 5) is 36.4. The van der Waals surface area contributed by atoms with Crippen LogP contribution in [0.1, 0.15) is 12.6 Å². The zero-order chi connectivity index (χ0) is 14.6. The van der Waals surface area contributed by atoms with E-state index in [1.54, 1.807) is 7.05 Å². The number of ether oxygens (including phenoxy) is 1. The Balaban J connectivity index is 3.02. The number of aromatic nitrogens is 2. The first-order chi connectivity index (χ1) is 8.86. The zero-order valence-electron chi connectivity index (χ0n) is 10.7. The summed E-state index contributed by atoms with van der Waals surface area (Å²) in [7, 11) is 2.74. The van der Waals surface area contributed by atoms with Crippen molar-refractivity contribution >= 4 is 17.7 Å². The van der Waals surface area contributed by atoms with E-state index in [0.29, 0.717) is 0 Å². The summed E-state index contributed by atoms with van der Waals surface area (Å²) in [6.45, 7) is 1.24. The van der Waals surface area contributed by atoms with E-state index in [-0.39, 0.29) is 17.9 Å². The van der Waals surface area contributed by atoms with Crippen LogP contribution in [0.3, 0.4) is 0 Å². The number of carbonyl (C=O) groups excluding carboxylic acids is 2. The fourth-order valence-electron chi connectivity index (χ4n) is 1.61. The lowest BCUT2D eigenvalue weighted by Crippen LogP contribution is -2.42. The van der Waals surface area contributed by atoms with Gasteiger partial charge in [-0.25, -0.2) is 4.79 Å². The second kappa shape index (κ2) is 5.94. The molecule has 0 spiro atoms. The Bertz CT molecular complexity index is 510. The number of aryl methyl sites for hydroxylation is 1. The molecule has 1 aromatic heterocycles. The van der Waals surface area contributed by atoms with Crippen LogP contribution in [-0.4, -0.2) is 39.5 Å². The van der Waals surface area contributed by atoms with Crippen LogP contribution in [0.5, 0.6) is 0 Å². The second-order valence-corrected chi connectivity index (χ2v) is 3.86. The summed E-state index contributed by atoms with van der Waals surface area (Å²) in [6.07, 6.45) is 1.20. The van der Waals surface area contributed by atoms with Gasteiger partial charge in [-0.05, 0) is 9.91 Å². The molecule has 1 aromatic rings. The van der Waals surface area contributed by atoms with Crippen molar-refractivity contribution in [3.63, 3.8) is 0 Å². The van der Waals surface area contributed by atoms with Crippen molar-refractivity contribution in [2.24, 2.45) is 7.05 Å². The quantitative estimate of drug-likeness (QED) is 0.440. The molecule has 1 heterocycles. The molecule has 0 aromatic carbocycles. The number of hydrogen-bond donors (Lipinski definition) is 1. The number of amides is 1. The van der Waals surface area contributed by atoms with Crippen LogP contribution in [0.4, 0.5) is 5.82 Å². The fraction of sp³-hybridized carbons (Fsp3) is 0.500. The van der Waals surface area contributed by atoms with Crippen molar-refractivity contribution in [1.29, 1.82) is 0 Å². The minimum absolute atomic E-state index is 0.0704. The van der Waals surface area contributed by atoms with E-state index in [0.717, 1.165) is 0 Å². The third-order valence-corrected chi connectivity index (χ3v) is 2.47. The van der Waals surface area contributed by atoms with E-state index in [2.05, 4.69) is 15.0 Å². The molecule has 9 nitrogen and oxygen atoms in total. The van der Waals surface area contributed by atoms with Crippen LogP contribution in [0.2, 0.25) is 0 Å². The van der Waals surface area contributed by atoms with Gasteiger partial charge in [-0.15, -0.1) is 0 Å². The fourth-order valence-corrected chi connectivity index (χ4v) is 1.61. The smallest absolute Gasteiger partial charge is 0.384 e. The standard InChI is InChI=1S/C10H14N4O5/c1-6(15)12-7(10(16)19-3)4-8-9(14(17)18)11-5-13(8)2/h5,7H,4H2,1-3H3,(H,12,15). The first-order valence-corrected chi connectivity index (χ1v) is 5.36. The molecule has 1 N–H and O–H groups in total. The average Bonchev–Trinajstić information content (AvgIpc) is 2.68. The maximum absolute atomic E-state index is 11.5. The Labute approximate surface area is 108 Å². The van der Waals surface area contributed by atoms with Crippen LogP contribution in [0.15, 0.2) is 6.33 Å². The molecule has 0 saturated heterocycles. The van der Waals surface area contributed by atoms with Crippen LogP contribution in [0.25, 0.3) is 0 Å². The first kappa shape index (κ1) is 14.6. The minimum atomic E-state index is -0.989. The third kappa shape index (κ3) is 3.50. The van der Waals surface area contributed by atoms with Crippen molar-refractivity contribution < 1.29 is 19.2 Å². The van der Waals surface area contributed by atoms with Crippen molar-refractivity contribution in [2.75, 3.05) is 7.11 Å². The largest absolute Gasteiger partial charge is 0.467 e. The van der Waals surface area contributed by atoms with Gasteiger partial charge in [0, 0.05) is 20.4 Å². The van der Waals surface area contributed by atoms with Gasteiger partial charge in [0.25, 0.3) is 0 Å². The Morgan fingerprint density at radius 3 is 2.74 bits per heavy atom. The van der Waals surface area contributed by atoms with Crippen molar-refractivity contribution in [3.05, 3.63) is 22.1 Å². The molecular formula is C10H14N4O5. The van der Waals surface area contributed by atoms with Crippen molar-refractivity contribution in [3.8, 4) is 0 Å². The first-order valence-electron chi connectivity index (χ1n) is 5.36. The summed E-state index contributed by atoms with van der Waals surface area (Å²) >= 11 is 0. The monoisotopic (exact) mass is 270 g/mol. The Kier molecular flexibility index (Phi) is 4.56. The number of imidazole rings is 1. The van der Waals surface area contributed by atoms with Crippen molar-refractivity contribution in [1.82, 2.24) is 14.9 Å². The van der Waals surface area contributed by atoms with Gasteiger partial charge in [0.2, 0.25) is 12.2 Å².